The number of hydrogen-bond acceptors (Lipinski definition) is 5. The molecule has 2 atom stereocenters. The average Bonchev–Trinajstić information content (AvgIpc) is 2.64. The van der Waals surface area contributed by atoms with Crippen molar-refractivity contribution in [2.45, 2.75) is 43.6 Å². The number of aliphatic hydroxyl groups excluding tert-OH is 1. The summed E-state index contributed by atoms with van der Waals surface area (Å²) in [6.45, 7) is 0. The van der Waals surface area contributed by atoms with Crippen LogP contribution in [0.25, 0.3) is 11.1 Å². The summed E-state index contributed by atoms with van der Waals surface area (Å²) in [7, 11) is -3.42. The van der Waals surface area contributed by atoms with Crippen LogP contribution in [-0.4, -0.2) is 36.5 Å². The van der Waals surface area contributed by atoms with E-state index in [2.05, 4.69) is 36.4 Å². The Morgan fingerprint density at radius 1 is 0.923 bits per heavy atom. The smallest absolute Gasteiger partial charge is 0.154 e. The monoisotopic (exact) mass is 377 g/mol. The quantitative estimate of drug-likeness (QED) is 0.336. The first-order chi connectivity index (χ1) is 12.4. The van der Waals surface area contributed by atoms with Gasteiger partial charge in [0, 0.05) is 6.26 Å². The van der Waals surface area contributed by atoms with Gasteiger partial charge in [-0.15, -0.1) is 0 Å². The van der Waals surface area contributed by atoms with Crippen LogP contribution >= 0.6 is 0 Å². The molecule has 0 bridgehead atoms. The Morgan fingerprint density at radius 2 is 1.54 bits per heavy atom. The van der Waals surface area contributed by atoms with Crippen LogP contribution in [-0.2, 0) is 16.3 Å². The highest BCUT2D eigenvalue weighted by Gasteiger charge is 2.27. The predicted octanol–water partition coefficient (Wildman–Crippen LogP) is 3.17. The van der Waals surface area contributed by atoms with Gasteiger partial charge in [-0.3, -0.25) is 0 Å². The van der Waals surface area contributed by atoms with E-state index in [-0.39, 0.29) is 0 Å². The van der Waals surface area contributed by atoms with Gasteiger partial charge in [0.15, 0.2) is 9.84 Å². The van der Waals surface area contributed by atoms with Gasteiger partial charge in [0.05, 0.1) is 0 Å². The van der Waals surface area contributed by atoms with Crippen molar-refractivity contribution in [2.24, 2.45) is 0 Å². The molecule has 6 heteroatoms. The number of hydrogen-bond donors (Lipinski definition) is 3. The lowest BCUT2D eigenvalue weighted by atomic mass is 10.0. The maximum atomic E-state index is 11.7. The number of aliphatic hydroxyl groups is 1. The molecule has 2 rings (SSSR count). The van der Waals surface area contributed by atoms with Crippen molar-refractivity contribution in [3.8, 4) is 11.1 Å². The minimum atomic E-state index is -3.42. The molecule has 0 aliphatic heterocycles. The van der Waals surface area contributed by atoms with Gasteiger partial charge in [0.1, 0.15) is 11.5 Å². The molecule has 0 heterocycles. The van der Waals surface area contributed by atoms with Crippen molar-refractivity contribution < 1.29 is 18.7 Å². The molecule has 0 spiro atoms. The lowest BCUT2D eigenvalue weighted by molar-refractivity contribution is -0.00153. The molecule has 0 amide bonds. The minimum absolute atomic E-state index is 0.320. The lowest BCUT2D eigenvalue weighted by Crippen LogP contribution is -2.42. The van der Waals surface area contributed by atoms with E-state index < -0.39 is 21.3 Å². The van der Waals surface area contributed by atoms with Crippen molar-refractivity contribution in [3.05, 3.63) is 60.2 Å². The van der Waals surface area contributed by atoms with Crippen LogP contribution in [0.5, 0.6) is 0 Å². The van der Waals surface area contributed by atoms with E-state index in [1.54, 1.807) is 5.48 Å². The van der Waals surface area contributed by atoms with E-state index in [4.69, 9.17) is 5.21 Å². The van der Waals surface area contributed by atoms with E-state index in [1.807, 2.05) is 18.2 Å². The SMILES string of the molecule is CS(=O)(=O)C(CCCCCc1ccc(-c2ccccc2)cc1)C(O)NO. The number of hydroxylamine groups is 1. The van der Waals surface area contributed by atoms with Gasteiger partial charge in [0.2, 0.25) is 0 Å². The van der Waals surface area contributed by atoms with Gasteiger partial charge in [-0.25, -0.2) is 8.42 Å². The van der Waals surface area contributed by atoms with Gasteiger partial charge in [-0.05, 0) is 36.0 Å². The normalized spacial score (nSPS) is 14.1. The molecule has 0 fully saturated rings. The molecule has 142 valence electrons. The predicted molar refractivity (Wildman–Crippen MR) is 104 cm³/mol. The summed E-state index contributed by atoms with van der Waals surface area (Å²) in [5, 5.41) is 17.3. The second-order valence-electron chi connectivity index (χ2n) is 6.60. The number of rotatable bonds is 10. The first-order valence-corrected chi connectivity index (χ1v) is 10.8. The fraction of sp³-hybridized carbons (Fsp3) is 0.400. The topological polar surface area (TPSA) is 86.6 Å². The molecule has 26 heavy (non-hydrogen) atoms. The number of nitrogens with one attached hydrogen (secondary N) is 1. The highest BCUT2D eigenvalue weighted by molar-refractivity contribution is 7.91. The molecule has 0 aliphatic rings. The van der Waals surface area contributed by atoms with Crippen molar-refractivity contribution >= 4 is 9.84 Å². The maximum absolute atomic E-state index is 11.7. The third-order valence-electron chi connectivity index (χ3n) is 4.55. The van der Waals surface area contributed by atoms with E-state index in [0.717, 1.165) is 25.5 Å². The van der Waals surface area contributed by atoms with Crippen molar-refractivity contribution in [2.75, 3.05) is 6.26 Å². The van der Waals surface area contributed by atoms with Crippen LogP contribution < -0.4 is 5.48 Å². The Labute approximate surface area is 155 Å². The fourth-order valence-corrected chi connectivity index (χ4v) is 4.16. The molecule has 0 aliphatic carbocycles. The summed E-state index contributed by atoms with van der Waals surface area (Å²) < 4.78 is 23.3. The molecule has 0 radical (unpaired) electrons. The molecule has 2 unspecified atom stereocenters. The summed E-state index contributed by atoms with van der Waals surface area (Å²) in [6.07, 6.45) is 3.37. The third kappa shape index (κ3) is 6.21. The number of aryl methyl sites for hydroxylation is 1. The van der Waals surface area contributed by atoms with Crippen LogP contribution in [0.2, 0.25) is 0 Å². The second-order valence-corrected chi connectivity index (χ2v) is 8.87. The third-order valence-corrected chi connectivity index (χ3v) is 6.14. The van der Waals surface area contributed by atoms with Gasteiger partial charge in [-0.1, -0.05) is 67.4 Å². The Bertz CT molecular complexity index is 760. The summed E-state index contributed by atoms with van der Waals surface area (Å²) in [4.78, 5) is 0. The van der Waals surface area contributed by atoms with E-state index in [9.17, 15) is 13.5 Å². The fourth-order valence-electron chi connectivity index (χ4n) is 3.04. The minimum Gasteiger partial charge on any atom is -0.375 e. The van der Waals surface area contributed by atoms with Crippen LogP contribution in [0.4, 0.5) is 0 Å². The summed E-state index contributed by atoms with van der Waals surface area (Å²) in [5.41, 5.74) is 5.27. The van der Waals surface area contributed by atoms with Crippen LogP contribution in [0, 0.1) is 0 Å². The molecule has 0 saturated heterocycles. The van der Waals surface area contributed by atoms with Crippen molar-refractivity contribution in [1.29, 1.82) is 0 Å². The molecular weight excluding hydrogens is 350 g/mol. The Kier molecular flexibility index (Phi) is 7.78. The Hall–Kier alpha value is -1.73. The van der Waals surface area contributed by atoms with Gasteiger partial charge < -0.3 is 10.3 Å². The van der Waals surface area contributed by atoms with Crippen molar-refractivity contribution in [1.82, 2.24) is 5.48 Å². The first-order valence-electron chi connectivity index (χ1n) is 8.82. The first kappa shape index (κ1) is 20.6. The van der Waals surface area contributed by atoms with Crippen molar-refractivity contribution in [3.63, 3.8) is 0 Å². The number of unbranched alkanes of at least 4 members (excludes halogenated alkanes) is 2. The Morgan fingerprint density at radius 3 is 2.12 bits per heavy atom. The summed E-state index contributed by atoms with van der Waals surface area (Å²) in [5.74, 6) is 0. The molecule has 0 aromatic heterocycles. The summed E-state index contributed by atoms with van der Waals surface area (Å²) >= 11 is 0. The molecular formula is C20H27NO4S. The largest absolute Gasteiger partial charge is 0.375 e. The number of benzene rings is 2. The highest BCUT2D eigenvalue weighted by Crippen LogP contribution is 2.20. The average molecular weight is 378 g/mol. The zero-order chi connectivity index (χ0) is 19.0. The molecule has 3 N–H and O–H groups in total. The second kappa shape index (κ2) is 9.83. The zero-order valence-electron chi connectivity index (χ0n) is 15.0. The number of sulfone groups is 1. The lowest BCUT2D eigenvalue weighted by Gasteiger charge is -2.19. The molecule has 5 nitrogen and oxygen atoms in total. The zero-order valence-corrected chi connectivity index (χ0v) is 15.8. The van der Waals surface area contributed by atoms with E-state index in [1.165, 1.54) is 16.7 Å². The molecule has 2 aromatic carbocycles. The standard InChI is InChI=1S/C20H27NO4S/c1-26(24,25)19(20(22)21-23)11-7-2-4-8-16-12-14-18(15-13-16)17-9-5-3-6-10-17/h3,5-6,9-10,12-15,19-23H,2,4,7-8,11H2,1H3. The van der Waals surface area contributed by atoms with Crippen LogP contribution in [0.1, 0.15) is 31.2 Å². The maximum Gasteiger partial charge on any atom is 0.154 e. The van der Waals surface area contributed by atoms with Gasteiger partial charge in [0.25, 0.3) is 0 Å². The van der Waals surface area contributed by atoms with E-state index >= 15 is 0 Å². The Balaban J connectivity index is 1.78. The molecule has 2 aromatic rings. The highest BCUT2D eigenvalue weighted by atomic mass is 32.2. The molecule has 0 saturated carbocycles. The van der Waals surface area contributed by atoms with Crippen LogP contribution in [0.3, 0.4) is 0 Å². The van der Waals surface area contributed by atoms with Gasteiger partial charge in [-0.2, -0.15) is 5.48 Å². The van der Waals surface area contributed by atoms with Gasteiger partial charge >= 0.3 is 0 Å². The summed E-state index contributed by atoms with van der Waals surface area (Å²) in [6, 6.07) is 18.7. The van der Waals surface area contributed by atoms with Crippen LogP contribution in [0.15, 0.2) is 54.6 Å². The van der Waals surface area contributed by atoms with E-state index in [0.29, 0.717) is 12.8 Å².